The van der Waals surface area contributed by atoms with Crippen LogP contribution in [0, 0.1) is 13.8 Å². The minimum atomic E-state index is -1.21. The Balaban J connectivity index is 2.13. The first-order valence-electron chi connectivity index (χ1n) is 11.1. The van der Waals surface area contributed by atoms with E-state index in [-0.39, 0.29) is 25.3 Å². The van der Waals surface area contributed by atoms with Gasteiger partial charge in [0.1, 0.15) is 12.1 Å². The van der Waals surface area contributed by atoms with E-state index in [0.717, 1.165) is 16.7 Å². The Morgan fingerprint density at radius 2 is 1.71 bits per heavy atom. The Hall–Kier alpha value is -4.28. The Morgan fingerprint density at radius 3 is 2.37 bits per heavy atom. The fourth-order valence-corrected chi connectivity index (χ4v) is 3.20. The third-order valence-corrected chi connectivity index (χ3v) is 5.07. The number of hydrogen-bond donors (Lipinski definition) is 5. The molecule has 0 unspecified atom stereocenters. The number of rotatable bonds is 11. The van der Waals surface area contributed by atoms with Gasteiger partial charge in [0, 0.05) is 13.0 Å². The van der Waals surface area contributed by atoms with Crippen molar-refractivity contribution in [3.63, 3.8) is 0 Å². The van der Waals surface area contributed by atoms with Crippen LogP contribution in [-0.4, -0.2) is 47.6 Å². The van der Waals surface area contributed by atoms with Gasteiger partial charge in [0.25, 0.3) is 0 Å². The second-order valence-corrected chi connectivity index (χ2v) is 8.03. The molecule has 3 amide bonds. The summed E-state index contributed by atoms with van der Waals surface area (Å²) in [5.41, 5.74) is 13.7. The second-order valence-electron chi connectivity index (χ2n) is 8.03. The molecule has 7 N–H and O–H groups in total. The molecule has 0 saturated heterocycles. The van der Waals surface area contributed by atoms with Crippen molar-refractivity contribution in [3.8, 4) is 0 Å². The quantitative estimate of drug-likeness (QED) is 0.142. The van der Waals surface area contributed by atoms with Crippen LogP contribution in [0.3, 0.4) is 0 Å². The van der Waals surface area contributed by atoms with Crippen molar-refractivity contribution < 1.29 is 19.5 Å². The topological polar surface area (TPSA) is 185 Å². The molecule has 0 aliphatic rings. The van der Waals surface area contributed by atoms with E-state index in [2.05, 4.69) is 25.9 Å². The molecule has 0 spiro atoms. The molecule has 0 saturated carbocycles. The lowest BCUT2D eigenvalue weighted by Gasteiger charge is -2.20. The standard InChI is InChI=1S/C24H31N7O4/c1-15-10-11-16(2)19(13-15)30-31-24(35)29-20(14-17-7-4-3-5-8-17)21(32)28-18(22(33)34)9-6-12-27-23(25)26/h3-5,7-8,10-11,13,18,20H,6,9,12,14H2,1-2H3,(H,28,32)(H,29,35)(H,33,34)(H4,25,26,27)/t18-,20-/m0/s1. The lowest BCUT2D eigenvalue weighted by Crippen LogP contribution is -2.52. The number of guanidine groups is 1. The third kappa shape index (κ3) is 9.62. The van der Waals surface area contributed by atoms with E-state index in [1.54, 1.807) is 30.3 Å². The largest absolute Gasteiger partial charge is 0.480 e. The number of nitrogens with zero attached hydrogens (tertiary/aromatic N) is 3. The molecule has 2 rings (SSSR count). The maximum atomic E-state index is 13.0. The van der Waals surface area contributed by atoms with Gasteiger partial charge in [-0.1, -0.05) is 47.6 Å². The second kappa shape index (κ2) is 13.4. The minimum Gasteiger partial charge on any atom is -0.480 e. The number of carboxylic acids is 1. The summed E-state index contributed by atoms with van der Waals surface area (Å²) in [7, 11) is 0. The highest BCUT2D eigenvalue weighted by Crippen LogP contribution is 2.20. The molecule has 0 bridgehead atoms. The average molecular weight is 482 g/mol. The zero-order valence-electron chi connectivity index (χ0n) is 19.8. The molecule has 11 heteroatoms. The van der Waals surface area contributed by atoms with Crippen molar-refractivity contribution in [2.24, 2.45) is 26.7 Å². The van der Waals surface area contributed by atoms with Crippen molar-refractivity contribution in [1.82, 2.24) is 10.6 Å². The number of urea groups is 1. The highest BCUT2D eigenvalue weighted by atomic mass is 16.4. The highest BCUT2D eigenvalue weighted by molar-refractivity contribution is 5.90. The number of aliphatic carboxylic acids is 1. The van der Waals surface area contributed by atoms with Gasteiger partial charge in [-0.3, -0.25) is 9.79 Å². The van der Waals surface area contributed by atoms with E-state index in [4.69, 9.17) is 11.5 Å². The van der Waals surface area contributed by atoms with Gasteiger partial charge in [0.2, 0.25) is 5.91 Å². The SMILES string of the molecule is Cc1ccc(C)c(N=NC(=O)N[C@@H](Cc2ccccc2)C(=O)N[C@@H](CCCN=C(N)N)C(=O)O)c1. The zero-order valence-corrected chi connectivity index (χ0v) is 19.8. The van der Waals surface area contributed by atoms with Crippen LogP contribution in [0.15, 0.2) is 63.8 Å². The predicted octanol–water partition coefficient (Wildman–Crippen LogP) is 2.33. The van der Waals surface area contributed by atoms with Crippen LogP contribution < -0.4 is 22.1 Å². The van der Waals surface area contributed by atoms with Gasteiger partial charge in [-0.25, -0.2) is 9.59 Å². The monoisotopic (exact) mass is 481 g/mol. The number of amides is 3. The third-order valence-electron chi connectivity index (χ3n) is 5.07. The van der Waals surface area contributed by atoms with Gasteiger partial charge in [-0.05, 0) is 49.4 Å². The number of benzene rings is 2. The molecule has 2 aromatic carbocycles. The fraction of sp³-hybridized carbons (Fsp3) is 0.333. The van der Waals surface area contributed by atoms with Crippen LogP contribution in [0.1, 0.15) is 29.5 Å². The van der Waals surface area contributed by atoms with E-state index in [1.165, 1.54) is 0 Å². The maximum absolute atomic E-state index is 13.0. The number of aliphatic imine (C=N–C) groups is 1. The van der Waals surface area contributed by atoms with Crippen LogP contribution in [0.5, 0.6) is 0 Å². The van der Waals surface area contributed by atoms with Gasteiger partial charge < -0.3 is 27.2 Å². The average Bonchev–Trinajstić information content (AvgIpc) is 2.81. The molecule has 0 aromatic heterocycles. The van der Waals surface area contributed by atoms with E-state index in [9.17, 15) is 19.5 Å². The molecule has 0 heterocycles. The molecule has 11 nitrogen and oxygen atoms in total. The van der Waals surface area contributed by atoms with Crippen LogP contribution in [0.25, 0.3) is 0 Å². The first-order chi connectivity index (χ1) is 16.7. The first-order valence-corrected chi connectivity index (χ1v) is 11.1. The van der Waals surface area contributed by atoms with Gasteiger partial charge in [0.05, 0.1) is 5.69 Å². The van der Waals surface area contributed by atoms with Gasteiger partial charge >= 0.3 is 12.0 Å². The Labute approximate surface area is 203 Å². The molecule has 0 fully saturated rings. The number of carbonyl (C=O) groups excluding carboxylic acids is 2. The van der Waals surface area contributed by atoms with Crippen molar-refractivity contribution in [2.45, 2.75) is 45.2 Å². The predicted molar refractivity (Wildman–Crippen MR) is 132 cm³/mol. The van der Waals surface area contributed by atoms with Crippen molar-refractivity contribution in [3.05, 3.63) is 65.2 Å². The maximum Gasteiger partial charge on any atom is 0.360 e. The molecule has 0 aliphatic heterocycles. The van der Waals surface area contributed by atoms with Crippen LogP contribution >= 0.6 is 0 Å². The number of azo groups is 1. The number of carbonyl (C=O) groups is 3. The first kappa shape index (κ1) is 27.0. The minimum absolute atomic E-state index is 0.0958. The number of nitrogens with one attached hydrogen (secondary N) is 2. The Kier molecular flexibility index (Phi) is 10.3. The van der Waals surface area contributed by atoms with Crippen LogP contribution in [0.2, 0.25) is 0 Å². The Morgan fingerprint density at radius 1 is 1.00 bits per heavy atom. The van der Waals surface area contributed by atoms with Gasteiger partial charge in [-0.15, -0.1) is 5.11 Å². The summed E-state index contributed by atoms with van der Waals surface area (Å²) in [6.07, 6.45) is 0.586. The molecule has 35 heavy (non-hydrogen) atoms. The molecule has 2 aromatic rings. The normalized spacial score (nSPS) is 12.5. The Bertz CT molecular complexity index is 1080. The van der Waals surface area contributed by atoms with E-state index in [0.29, 0.717) is 12.1 Å². The van der Waals surface area contributed by atoms with E-state index in [1.807, 2.05) is 32.0 Å². The van der Waals surface area contributed by atoms with Crippen molar-refractivity contribution >= 4 is 29.6 Å². The summed E-state index contributed by atoms with van der Waals surface area (Å²) in [6, 6.07) is 11.5. The summed E-state index contributed by atoms with van der Waals surface area (Å²) < 4.78 is 0. The van der Waals surface area contributed by atoms with E-state index >= 15 is 0 Å². The summed E-state index contributed by atoms with van der Waals surface area (Å²) >= 11 is 0. The summed E-state index contributed by atoms with van der Waals surface area (Å²) in [6.45, 7) is 3.97. The number of nitrogens with two attached hydrogens (primary N) is 2. The number of carboxylic acid groups (broad SMARTS) is 1. The molecular formula is C24H31N7O4. The smallest absolute Gasteiger partial charge is 0.360 e. The van der Waals surface area contributed by atoms with Crippen LogP contribution in [-0.2, 0) is 16.0 Å². The number of aryl methyl sites for hydroxylation is 2. The van der Waals surface area contributed by atoms with Gasteiger partial charge in [0.15, 0.2) is 5.96 Å². The van der Waals surface area contributed by atoms with Crippen molar-refractivity contribution in [1.29, 1.82) is 0 Å². The van der Waals surface area contributed by atoms with Gasteiger partial charge in [-0.2, -0.15) is 0 Å². The summed E-state index contributed by atoms with van der Waals surface area (Å²) in [5.74, 6) is -1.96. The lowest BCUT2D eigenvalue weighted by molar-refractivity contribution is -0.142. The van der Waals surface area contributed by atoms with Crippen LogP contribution in [0.4, 0.5) is 10.5 Å². The summed E-state index contributed by atoms with van der Waals surface area (Å²) in [5, 5.41) is 22.2. The zero-order chi connectivity index (χ0) is 25.8. The molecular weight excluding hydrogens is 450 g/mol. The molecule has 0 aliphatic carbocycles. The summed E-state index contributed by atoms with van der Waals surface area (Å²) in [4.78, 5) is 41.0. The molecule has 186 valence electrons. The van der Waals surface area contributed by atoms with Crippen molar-refractivity contribution in [2.75, 3.05) is 6.54 Å². The molecule has 2 atom stereocenters. The fourth-order valence-electron chi connectivity index (χ4n) is 3.20. The molecule has 0 radical (unpaired) electrons. The number of hydrogen-bond acceptors (Lipinski definition) is 5. The highest BCUT2D eigenvalue weighted by Gasteiger charge is 2.26. The lowest BCUT2D eigenvalue weighted by atomic mass is 10.0. The van der Waals surface area contributed by atoms with E-state index < -0.39 is 30.0 Å².